The number of hydrogen-bond donors (Lipinski definition) is 0. The molecule has 2 aliphatic carbocycles. The van der Waals surface area contributed by atoms with Crippen LogP contribution < -0.4 is 4.74 Å². The molecule has 0 saturated heterocycles. The van der Waals surface area contributed by atoms with Crippen molar-refractivity contribution < 1.29 is 4.74 Å². The average Bonchev–Trinajstić information content (AvgIpc) is 3.53. The molecule has 31 heavy (non-hydrogen) atoms. The van der Waals surface area contributed by atoms with E-state index in [0.29, 0.717) is 12.5 Å². The quantitative estimate of drug-likeness (QED) is 0.467. The van der Waals surface area contributed by atoms with Crippen LogP contribution >= 0.6 is 0 Å². The van der Waals surface area contributed by atoms with Crippen molar-refractivity contribution in [3.63, 3.8) is 0 Å². The van der Waals surface area contributed by atoms with Crippen molar-refractivity contribution in [2.45, 2.75) is 51.0 Å². The lowest BCUT2D eigenvalue weighted by Gasteiger charge is -2.28. The van der Waals surface area contributed by atoms with Crippen LogP contribution in [0, 0.1) is 12.8 Å². The third kappa shape index (κ3) is 3.09. The number of nitrogens with zero attached hydrogens (tertiary/aromatic N) is 5. The minimum absolute atomic E-state index is 0.159. The molecule has 6 nitrogen and oxygen atoms in total. The van der Waals surface area contributed by atoms with Crippen LogP contribution in [0.3, 0.4) is 0 Å². The summed E-state index contributed by atoms with van der Waals surface area (Å²) in [6.45, 7) is 2.47. The van der Waals surface area contributed by atoms with Crippen molar-refractivity contribution in [2.24, 2.45) is 5.92 Å². The van der Waals surface area contributed by atoms with Crippen LogP contribution in [-0.2, 0) is 12.0 Å². The molecule has 0 aliphatic heterocycles. The molecule has 3 heterocycles. The molecular weight excluding hydrogens is 386 g/mol. The highest BCUT2D eigenvalue weighted by Crippen LogP contribution is 2.57. The van der Waals surface area contributed by atoms with E-state index in [0.717, 1.165) is 34.2 Å². The van der Waals surface area contributed by atoms with Gasteiger partial charge in [0.15, 0.2) is 11.5 Å². The van der Waals surface area contributed by atoms with Crippen molar-refractivity contribution in [3.8, 4) is 17.3 Å². The summed E-state index contributed by atoms with van der Waals surface area (Å²) in [4.78, 5) is 4.50. The minimum atomic E-state index is 0.159. The van der Waals surface area contributed by atoms with Gasteiger partial charge in [-0.25, -0.2) is 0 Å². The number of pyridine rings is 1. The molecule has 2 fully saturated rings. The van der Waals surface area contributed by atoms with Gasteiger partial charge in [0.05, 0.1) is 5.69 Å². The van der Waals surface area contributed by atoms with Crippen LogP contribution in [0.5, 0.6) is 5.88 Å². The molecule has 0 spiro atoms. The molecule has 6 heteroatoms. The van der Waals surface area contributed by atoms with Crippen molar-refractivity contribution in [1.82, 2.24) is 24.8 Å². The second-order valence-electron chi connectivity index (χ2n) is 9.01. The van der Waals surface area contributed by atoms with Crippen molar-refractivity contribution in [3.05, 3.63) is 71.5 Å². The Morgan fingerprint density at radius 3 is 2.65 bits per heavy atom. The summed E-state index contributed by atoms with van der Waals surface area (Å²) >= 11 is 0. The molecule has 0 unspecified atom stereocenters. The topological polar surface area (TPSA) is 65.2 Å². The van der Waals surface area contributed by atoms with Crippen molar-refractivity contribution in [2.75, 3.05) is 0 Å². The van der Waals surface area contributed by atoms with E-state index in [2.05, 4.69) is 34.2 Å². The lowest BCUT2D eigenvalue weighted by atomic mass is 9.78. The Morgan fingerprint density at radius 2 is 1.90 bits per heavy atom. The summed E-state index contributed by atoms with van der Waals surface area (Å²) in [5.41, 5.74) is 5.18. The van der Waals surface area contributed by atoms with Gasteiger partial charge in [0, 0.05) is 22.7 Å². The van der Waals surface area contributed by atoms with Gasteiger partial charge < -0.3 is 4.74 Å². The molecule has 0 amide bonds. The van der Waals surface area contributed by atoms with E-state index in [1.165, 1.54) is 37.7 Å². The smallest absolute Gasteiger partial charge is 0.236 e. The first-order valence-corrected chi connectivity index (χ1v) is 11.1. The monoisotopic (exact) mass is 411 g/mol. The molecule has 4 aromatic rings. The Balaban J connectivity index is 1.46. The Bertz CT molecular complexity index is 1240. The van der Waals surface area contributed by atoms with E-state index < -0.39 is 0 Å². The number of hydrogen-bond acceptors (Lipinski definition) is 5. The first-order chi connectivity index (χ1) is 15.2. The van der Waals surface area contributed by atoms with Crippen molar-refractivity contribution >= 4 is 5.65 Å². The number of ether oxygens (including phenoxy) is 1. The highest BCUT2D eigenvalue weighted by atomic mass is 16.5. The molecule has 3 aromatic heterocycles. The molecular formula is C25H25N5O. The molecule has 0 N–H and O–H groups in total. The second-order valence-corrected chi connectivity index (χ2v) is 9.01. The summed E-state index contributed by atoms with van der Waals surface area (Å²) in [6, 6.07) is 16.2. The van der Waals surface area contributed by atoms with Crippen molar-refractivity contribution in [1.29, 1.82) is 0 Å². The fraction of sp³-hybridized carbons (Fsp3) is 0.360. The number of aromatic nitrogens is 5. The summed E-state index contributed by atoms with van der Waals surface area (Å²) in [7, 11) is 0. The van der Waals surface area contributed by atoms with Gasteiger partial charge in [-0.3, -0.25) is 4.98 Å². The van der Waals surface area contributed by atoms with Gasteiger partial charge in [-0.2, -0.15) is 4.52 Å². The maximum absolute atomic E-state index is 6.38. The van der Waals surface area contributed by atoms with Gasteiger partial charge in [-0.1, -0.05) is 36.4 Å². The summed E-state index contributed by atoms with van der Waals surface area (Å²) in [5.74, 6) is 2.26. The summed E-state index contributed by atoms with van der Waals surface area (Å²) < 4.78 is 8.20. The van der Waals surface area contributed by atoms with Gasteiger partial charge in [-0.15, -0.1) is 15.3 Å². The SMILES string of the molecule is Cc1cccnc1COc1nn2c(-c3ccccc3)nnc2cc1C12CCC(CC1)C2. The van der Waals surface area contributed by atoms with Crippen LogP contribution in [0.1, 0.15) is 48.9 Å². The first-order valence-electron chi connectivity index (χ1n) is 11.1. The fourth-order valence-electron chi connectivity index (χ4n) is 5.45. The van der Waals surface area contributed by atoms with E-state index in [1.54, 1.807) is 0 Å². The van der Waals surface area contributed by atoms with Gasteiger partial charge in [0.1, 0.15) is 6.61 Å². The first kappa shape index (κ1) is 18.5. The predicted octanol–water partition coefficient (Wildman–Crippen LogP) is 4.91. The molecule has 2 saturated carbocycles. The fourth-order valence-corrected chi connectivity index (χ4v) is 5.45. The third-order valence-corrected chi connectivity index (χ3v) is 7.17. The molecule has 0 atom stereocenters. The van der Waals surface area contributed by atoms with Gasteiger partial charge in [-0.05, 0) is 62.6 Å². The van der Waals surface area contributed by atoms with Gasteiger partial charge >= 0.3 is 0 Å². The maximum Gasteiger partial charge on any atom is 0.236 e. The lowest BCUT2D eigenvalue weighted by molar-refractivity contribution is 0.269. The molecule has 2 bridgehead atoms. The Hall–Kier alpha value is -3.28. The standard InChI is InChI=1S/C25H25N5O/c1-17-6-5-13-26-21(17)16-31-24-20(25-11-9-18(15-25)10-12-25)14-22-27-28-23(30(22)29-24)19-7-3-2-4-8-19/h2-8,13-14,18H,9-12,15-16H2,1H3. The average molecular weight is 412 g/mol. The molecule has 6 rings (SSSR count). The number of benzene rings is 1. The van der Waals surface area contributed by atoms with Crippen LogP contribution in [0.4, 0.5) is 0 Å². The van der Waals surface area contributed by atoms with Crippen LogP contribution in [-0.4, -0.2) is 24.8 Å². The van der Waals surface area contributed by atoms with Crippen LogP contribution in [0.15, 0.2) is 54.7 Å². The lowest BCUT2D eigenvalue weighted by Crippen LogP contribution is -2.22. The Labute approximate surface area is 181 Å². The zero-order valence-electron chi connectivity index (χ0n) is 17.7. The zero-order valence-corrected chi connectivity index (χ0v) is 17.7. The molecule has 156 valence electrons. The van der Waals surface area contributed by atoms with Gasteiger partial charge in [0.25, 0.3) is 0 Å². The molecule has 1 aromatic carbocycles. The van der Waals surface area contributed by atoms with Gasteiger partial charge in [0.2, 0.25) is 5.88 Å². The van der Waals surface area contributed by atoms with E-state index in [9.17, 15) is 0 Å². The minimum Gasteiger partial charge on any atom is -0.470 e. The Kier molecular flexibility index (Phi) is 4.26. The summed E-state index contributed by atoms with van der Waals surface area (Å²) in [6.07, 6.45) is 8.04. The number of fused-ring (bicyclic) bond motifs is 3. The van der Waals surface area contributed by atoms with E-state index in [-0.39, 0.29) is 5.41 Å². The Morgan fingerprint density at radius 1 is 1.06 bits per heavy atom. The normalized spacial score (nSPS) is 22.3. The number of aryl methyl sites for hydroxylation is 1. The highest BCUT2D eigenvalue weighted by Gasteiger charge is 2.48. The summed E-state index contributed by atoms with van der Waals surface area (Å²) in [5, 5.41) is 13.9. The third-order valence-electron chi connectivity index (χ3n) is 7.17. The molecule has 2 aliphatic rings. The largest absolute Gasteiger partial charge is 0.470 e. The van der Waals surface area contributed by atoms with Crippen LogP contribution in [0.25, 0.3) is 17.0 Å². The second kappa shape index (κ2) is 7.15. The number of rotatable bonds is 5. The van der Waals surface area contributed by atoms with E-state index in [4.69, 9.17) is 9.84 Å². The van der Waals surface area contributed by atoms with E-state index in [1.807, 2.05) is 47.1 Å². The van der Waals surface area contributed by atoms with Crippen LogP contribution in [0.2, 0.25) is 0 Å². The maximum atomic E-state index is 6.38. The highest BCUT2D eigenvalue weighted by molar-refractivity contribution is 5.60. The van der Waals surface area contributed by atoms with E-state index >= 15 is 0 Å². The zero-order chi connectivity index (χ0) is 20.8. The molecule has 0 radical (unpaired) electrons. The predicted molar refractivity (Wildman–Crippen MR) is 118 cm³/mol.